The normalized spacial score (nSPS) is 11.9. The number of nitro groups is 1. The van der Waals surface area contributed by atoms with Gasteiger partial charge >= 0.3 is 6.18 Å². The Labute approximate surface area is 108 Å². The fourth-order valence-electron chi connectivity index (χ4n) is 1.39. The van der Waals surface area contributed by atoms with Gasteiger partial charge in [-0.05, 0) is 26.0 Å². The van der Waals surface area contributed by atoms with Crippen LogP contribution >= 0.6 is 12.4 Å². The number of halogens is 4. The van der Waals surface area contributed by atoms with Crippen molar-refractivity contribution in [1.82, 2.24) is 0 Å². The first-order valence-electron chi connectivity index (χ1n) is 4.68. The highest BCUT2D eigenvalue weighted by atomic mass is 35.5. The third kappa shape index (κ3) is 3.58. The third-order valence-corrected chi connectivity index (χ3v) is 2.21. The number of rotatable bonds is 2. The van der Waals surface area contributed by atoms with Gasteiger partial charge < -0.3 is 5.73 Å². The minimum absolute atomic E-state index is 0. The molecule has 0 unspecified atom stereocenters. The molecule has 1 aromatic rings. The van der Waals surface area contributed by atoms with Gasteiger partial charge in [-0.3, -0.25) is 10.1 Å². The molecule has 0 aliphatic rings. The van der Waals surface area contributed by atoms with Crippen LogP contribution in [0.2, 0.25) is 0 Å². The molecule has 1 aromatic carbocycles. The maximum Gasteiger partial charge on any atom is 0.416 e. The van der Waals surface area contributed by atoms with Crippen molar-refractivity contribution >= 4 is 18.1 Å². The summed E-state index contributed by atoms with van der Waals surface area (Å²) < 4.78 is 37.4. The fourth-order valence-corrected chi connectivity index (χ4v) is 1.39. The zero-order valence-corrected chi connectivity index (χ0v) is 10.4. The average molecular weight is 285 g/mol. The van der Waals surface area contributed by atoms with Crippen molar-refractivity contribution in [2.45, 2.75) is 25.6 Å². The standard InChI is InChI=1S/C10H11F3N2O2.ClH/c1-9(2,14)7-5-6(10(11,12)13)3-4-8(7)15(16)17;/h3-5H,14H2,1-2H3;1H. The van der Waals surface area contributed by atoms with Gasteiger partial charge in [0.1, 0.15) is 0 Å². The van der Waals surface area contributed by atoms with E-state index >= 15 is 0 Å². The average Bonchev–Trinajstić information content (AvgIpc) is 2.14. The van der Waals surface area contributed by atoms with Crippen molar-refractivity contribution in [2.75, 3.05) is 0 Å². The van der Waals surface area contributed by atoms with E-state index in [1.807, 2.05) is 0 Å². The number of hydrogen-bond donors (Lipinski definition) is 1. The van der Waals surface area contributed by atoms with E-state index in [1.54, 1.807) is 0 Å². The zero-order valence-electron chi connectivity index (χ0n) is 9.62. The van der Waals surface area contributed by atoms with E-state index < -0.39 is 27.9 Å². The zero-order chi connectivity index (χ0) is 13.4. The van der Waals surface area contributed by atoms with Crippen LogP contribution < -0.4 is 5.73 Å². The predicted octanol–water partition coefficient (Wildman–Crippen LogP) is 3.23. The SMILES string of the molecule is CC(C)(N)c1cc(C(F)(F)F)ccc1[N+](=O)[O-].Cl. The number of benzene rings is 1. The van der Waals surface area contributed by atoms with E-state index in [2.05, 4.69) is 0 Å². The topological polar surface area (TPSA) is 69.2 Å². The first kappa shape index (κ1) is 16.7. The van der Waals surface area contributed by atoms with Crippen molar-refractivity contribution in [1.29, 1.82) is 0 Å². The molecular weight excluding hydrogens is 273 g/mol. The van der Waals surface area contributed by atoms with Gasteiger partial charge in [0.15, 0.2) is 0 Å². The highest BCUT2D eigenvalue weighted by molar-refractivity contribution is 5.85. The number of hydrogen-bond acceptors (Lipinski definition) is 3. The molecule has 8 heteroatoms. The van der Waals surface area contributed by atoms with Crippen LogP contribution in [0.4, 0.5) is 18.9 Å². The van der Waals surface area contributed by atoms with Crippen LogP contribution in [0, 0.1) is 10.1 Å². The van der Waals surface area contributed by atoms with Crippen LogP contribution in [0.25, 0.3) is 0 Å². The van der Waals surface area contributed by atoms with Gasteiger partial charge in [0.05, 0.1) is 10.5 Å². The van der Waals surface area contributed by atoms with Crippen LogP contribution in [-0.4, -0.2) is 4.92 Å². The molecule has 0 heterocycles. The van der Waals surface area contributed by atoms with Crippen LogP contribution in [0.3, 0.4) is 0 Å². The molecule has 0 fully saturated rings. The van der Waals surface area contributed by atoms with Crippen LogP contribution in [0.1, 0.15) is 25.0 Å². The Bertz CT molecular complexity index is 455. The van der Waals surface area contributed by atoms with Crippen molar-refractivity contribution in [3.05, 3.63) is 39.4 Å². The summed E-state index contributed by atoms with van der Waals surface area (Å²) in [5.74, 6) is 0. The van der Waals surface area contributed by atoms with Gasteiger partial charge in [0, 0.05) is 17.2 Å². The molecule has 0 bridgehead atoms. The van der Waals surface area contributed by atoms with E-state index in [-0.39, 0.29) is 18.0 Å². The maximum absolute atomic E-state index is 12.5. The van der Waals surface area contributed by atoms with Crippen LogP contribution in [-0.2, 0) is 11.7 Å². The maximum atomic E-state index is 12.5. The highest BCUT2D eigenvalue weighted by Gasteiger charge is 2.34. The Balaban J connectivity index is 0.00000289. The minimum atomic E-state index is -4.55. The lowest BCUT2D eigenvalue weighted by atomic mass is 9.92. The van der Waals surface area contributed by atoms with Crippen molar-refractivity contribution < 1.29 is 18.1 Å². The Morgan fingerprint density at radius 1 is 1.28 bits per heavy atom. The highest BCUT2D eigenvalue weighted by Crippen LogP contribution is 2.35. The number of nitro benzene ring substituents is 1. The lowest BCUT2D eigenvalue weighted by Gasteiger charge is -2.20. The second kappa shape index (κ2) is 5.11. The van der Waals surface area contributed by atoms with Gasteiger partial charge in [-0.2, -0.15) is 13.2 Å². The molecule has 0 saturated heterocycles. The molecule has 0 spiro atoms. The summed E-state index contributed by atoms with van der Waals surface area (Å²) in [7, 11) is 0. The van der Waals surface area contributed by atoms with E-state index in [1.165, 1.54) is 13.8 Å². The Morgan fingerprint density at radius 2 is 1.78 bits per heavy atom. The summed E-state index contributed by atoms with van der Waals surface area (Å²) in [6, 6.07) is 2.22. The first-order chi connectivity index (χ1) is 7.53. The molecule has 0 aliphatic carbocycles. The second-order valence-electron chi connectivity index (χ2n) is 4.21. The molecule has 4 nitrogen and oxygen atoms in total. The van der Waals surface area contributed by atoms with Gasteiger partial charge in [0.25, 0.3) is 5.69 Å². The molecule has 0 aromatic heterocycles. The number of alkyl halides is 3. The summed E-state index contributed by atoms with van der Waals surface area (Å²) in [4.78, 5) is 9.95. The molecule has 0 radical (unpaired) electrons. The van der Waals surface area contributed by atoms with E-state index in [9.17, 15) is 23.3 Å². The summed E-state index contributed by atoms with van der Waals surface area (Å²) in [6.45, 7) is 2.82. The second-order valence-corrected chi connectivity index (χ2v) is 4.21. The predicted molar refractivity (Wildman–Crippen MR) is 62.6 cm³/mol. The largest absolute Gasteiger partial charge is 0.416 e. The number of nitrogens with two attached hydrogens (primary N) is 1. The molecule has 102 valence electrons. The van der Waals surface area contributed by atoms with Crippen molar-refractivity contribution in [2.24, 2.45) is 5.73 Å². The Hall–Kier alpha value is -1.34. The van der Waals surface area contributed by atoms with Crippen molar-refractivity contribution in [3.8, 4) is 0 Å². The summed E-state index contributed by atoms with van der Waals surface area (Å²) >= 11 is 0. The van der Waals surface area contributed by atoms with Crippen molar-refractivity contribution in [3.63, 3.8) is 0 Å². The lowest BCUT2D eigenvalue weighted by molar-refractivity contribution is -0.386. The lowest BCUT2D eigenvalue weighted by Crippen LogP contribution is -2.30. The van der Waals surface area contributed by atoms with Gasteiger partial charge in [-0.25, -0.2) is 0 Å². The van der Waals surface area contributed by atoms with E-state index in [0.717, 1.165) is 12.1 Å². The smallest absolute Gasteiger partial charge is 0.322 e. The molecule has 0 amide bonds. The quantitative estimate of drug-likeness (QED) is 0.669. The molecule has 0 saturated carbocycles. The minimum Gasteiger partial charge on any atom is -0.322 e. The summed E-state index contributed by atoms with van der Waals surface area (Å²) in [5, 5.41) is 10.7. The summed E-state index contributed by atoms with van der Waals surface area (Å²) in [5.41, 5.74) is 2.92. The Morgan fingerprint density at radius 3 is 2.11 bits per heavy atom. The van der Waals surface area contributed by atoms with Gasteiger partial charge in [-0.15, -0.1) is 12.4 Å². The fraction of sp³-hybridized carbons (Fsp3) is 0.400. The van der Waals surface area contributed by atoms with Gasteiger partial charge in [0.2, 0.25) is 0 Å². The number of nitrogens with zero attached hydrogens (tertiary/aromatic N) is 1. The molecule has 0 aliphatic heterocycles. The monoisotopic (exact) mass is 284 g/mol. The molecule has 0 atom stereocenters. The van der Waals surface area contributed by atoms with Crippen LogP contribution in [0.15, 0.2) is 18.2 Å². The van der Waals surface area contributed by atoms with E-state index in [0.29, 0.717) is 6.07 Å². The third-order valence-electron chi connectivity index (χ3n) is 2.21. The molecule has 1 rings (SSSR count). The van der Waals surface area contributed by atoms with Gasteiger partial charge in [-0.1, -0.05) is 0 Å². The first-order valence-corrected chi connectivity index (χ1v) is 4.68. The molecule has 18 heavy (non-hydrogen) atoms. The van der Waals surface area contributed by atoms with Crippen LogP contribution in [0.5, 0.6) is 0 Å². The summed E-state index contributed by atoms with van der Waals surface area (Å²) in [6.07, 6.45) is -4.55. The Kier molecular flexibility index (Phi) is 4.73. The molecule has 2 N–H and O–H groups in total. The molecular formula is C10H12ClF3N2O2. The van der Waals surface area contributed by atoms with E-state index in [4.69, 9.17) is 5.73 Å².